The van der Waals surface area contributed by atoms with Crippen molar-refractivity contribution in [2.75, 3.05) is 26.7 Å². The molecule has 0 radical (unpaired) electrons. The Bertz CT molecular complexity index is 136. The molecule has 2 heteroatoms. The second-order valence-electron chi connectivity index (χ2n) is 3.45. The van der Waals surface area contributed by atoms with Gasteiger partial charge in [-0.15, -0.1) is 6.58 Å². The van der Waals surface area contributed by atoms with E-state index in [2.05, 4.69) is 18.5 Å². The van der Waals surface area contributed by atoms with E-state index in [4.69, 9.17) is 5.11 Å². The first-order valence-electron chi connectivity index (χ1n) is 4.18. The number of likely N-dealkylation sites (N-methyl/N-ethyl adjacent to an activating group) is 1. The maximum absolute atomic E-state index is 8.78. The van der Waals surface area contributed by atoms with Crippen LogP contribution >= 0.6 is 0 Å². The van der Waals surface area contributed by atoms with Crippen LogP contribution in [0.15, 0.2) is 12.7 Å². The van der Waals surface area contributed by atoms with E-state index in [1.54, 1.807) is 0 Å². The number of hydrogen-bond donors (Lipinski definition) is 1. The molecule has 64 valence electrons. The summed E-state index contributed by atoms with van der Waals surface area (Å²) in [6.07, 6.45) is 3.12. The first-order chi connectivity index (χ1) is 5.27. The number of hydrogen-bond acceptors (Lipinski definition) is 2. The summed E-state index contributed by atoms with van der Waals surface area (Å²) in [6, 6.07) is 0. The molecule has 0 aromatic carbocycles. The van der Waals surface area contributed by atoms with Crippen molar-refractivity contribution in [3.8, 4) is 0 Å². The third kappa shape index (κ3) is 2.64. The second kappa shape index (κ2) is 3.88. The van der Waals surface area contributed by atoms with Gasteiger partial charge in [0.1, 0.15) is 0 Å². The van der Waals surface area contributed by atoms with E-state index in [1.807, 2.05) is 6.08 Å². The highest BCUT2D eigenvalue weighted by Gasteiger charge is 2.36. The quantitative estimate of drug-likeness (QED) is 0.592. The summed E-state index contributed by atoms with van der Waals surface area (Å²) in [5.41, 5.74) is 0. The van der Waals surface area contributed by atoms with E-state index >= 15 is 0 Å². The molecule has 2 nitrogen and oxygen atoms in total. The van der Waals surface area contributed by atoms with Gasteiger partial charge in [-0.3, -0.25) is 0 Å². The van der Waals surface area contributed by atoms with Crippen LogP contribution < -0.4 is 0 Å². The van der Waals surface area contributed by atoms with Gasteiger partial charge in [-0.05, 0) is 25.3 Å². The van der Waals surface area contributed by atoms with E-state index in [9.17, 15) is 0 Å². The lowest BCUT2D eigenvalue weighted by Gasteiger charge is -2.12. The molecular weight excluding hydrogens is 138 g/mol. The summed E-state index contributed by atoms with van der Waals surface area (Å²) in [6.45, 7) is 6.11. The zero-order valence-corrected chi connectivity index (χ0v) is 7.16. The zero-order chi connectivity index (χ0) is 8.27. The van der Waals surface area contributed by atoms with E-state index < -0.39 is 0 Å². The fourth-order valence-electron chi connectivity index (χ4n) is 1.45. The Morgan fingerprint density at radius 3 is 2.82 bits per heavy atom. The Morgan fingerprint density at radius 1 is 1.64 bits per heavy atom. The Balaban J connectivity index is 2.07. The Kier molecular flexibility index (Phi) is 3.09. The van der Waals surface area contributed by atoms with Crippen LogP contribution in [0.2, 0.25) is 0 Å². The van der Waals surface area contributed by atoms with E-state index in [-0.39, 0.29) is 0 Å². The summed E-state index contributed by atoms with van der Waals surface area (Å²) in [4.78, 5) is 2.24. The van der Waals surface area contributed by atoms with Crippen molar-refractivity contribution in [1.29, 1.82) is 0 Å². The minimum atomic E-state index is 0.368. The van der Waals surface area contributed by atoms with E-state index in [1.165, 1.54) is 6.42 Å². The van der Waals surface area contributed by atoms with Crippen molar-refractivity contribution >= 4 is 0 Å². The average Bonchev–Trinajstić information content (AvgIpc) is 2.68. The van der Waals surface area contributed by atoms with Crippen LogP contribution in [-0.2, 0) is 0 Å². The topological polar surface area (TPSA) is 23.5 Å². The summed E-state index contributed by atoms with van der Waals surface area (Å²) in [5, 5.41) is 8.78. The van der Waals surface area contributed by atoms with Crippen molar-refractivity contribution in [3.63, 3.8) is 0 Å². The van der Waals surface area contributed by atoms with Crippen molar-refractivity contribution in [2.24, 2.45) is 11.8 Å². The van der Waals surface area contributed by atoms with Crippen LogP contribution in [0, 0.1) is 11.8 Å². The van der Waals surface area contributed by atoms with Crippen molar-refractivity contribution in [2.45, 2.75) is 6.42 Å². The van der Waals surface area contributed by atoms with Crippen LogP contribution in [0.5, 0.6) is 0 Å². The van der Waals surface area contributed by atoms with Gasteiger partial charge in [-0.1, -0.05) is 6.08 Å². The summed E-state index contributed by atoms with van der Waals surface area (Å²) >= 11 is 0. The number of rotatable bonds is 5. The van der Waals surface area contributed by atoms with Crippen LogP contribution in [0.25, 0.3) is 0 Å². The molecule has 1 fully saturated rings. The lowest BCUT2D eigenvalue weighted by molar-refractivity contribution is 0.257. The molecule has 1 N–H and O–H groups in total. The fraction of sp³-hybridized carbons (Fsp3) is 0.778. The molecule has 0 spiro atoms. The first kappa shape index (κ1) is 8.75. The van der Waals surface area contributed by atoms with E-state index in [0.717, 1.165) is 19.0 Å². The highest BCUT2D eigenvalue weighted by Crippen LogP contribution is 2.37. The second-order valence-corrected chi connectivity index (χ2v) is 3.45. The lowest BCUT2D eigenvalue weighted by Crippen LogP contribution is -2.21. The Labute approximate surface area is 68.5 Å². The van der Waals surface area contributed by atoms with Crippen LogP contribution in [0.4, 0.5) is 0 Å². The average molecular weight is 155 g/mol. The molecule has 0 saturated heterocycles. The summed E-state index contributed by atoms with van der Waals surface area (Å²) in [5.74, 6) is 1.33. The monoisotopic (exact) mass is 155 g/mol. The van der Waals surface area contributed by atoms with Gasteiger partial charge in [0.25, 0.3) is 0 Å². The number of nitrogens with zero attached hydrogens (tertiary/aromatic N) is 1. The standard InChI is InChI=1S/C9H17NO/c1-3-4-10(2)6-8-5-9(8)7-11/h3,8-9,11H,1,4-7H2,2H3. The van der Waals surface area contributed by atoms with Gasteiger partial charge in [0.05, 0.1) is 0 Å². The predicted molar refractivity (Wildman–Crippen MR) is 46.4 cm³/mol. The van der Waals surface area contributed by atoms with Crippen LogP contribution in [-0.4, -0.2) is 36.8 Å². The molecule has 0 amide bonds. The van der Waals surface area contributed by atoms with Gasteiger partial charge >= 0.3 is 0 Å². The summed E-state index contributed by atoms with van der Waals surface area (Å²) in [7, 11) is 2.09. The van der Waals surface area contributed by atoms with Gasteiger partial charge in [-0.25, -0.2) is 0 Å². The predicted octanol–water partition coefficient (Wildman–Crippen LogP) is 0.733. The molecule has 0 aromatic heterocycles. The van der Waals surface area contributed by atoms with Crippen LogP contribution in [0.3, 0.4) is 0 Å². The highest BCUT2D eigenvalue weighted by atomic mass is 16.3. The largest absolute Gasteiger partial charge is 0.396 e. The summed E-state index contributed by atoms with van der Waals surface area (Å²) < 4.78 is 0. The molecule has 0 bridgehead atoms. The molecular formula is C9H17NO. The molecule has 1 saturated carbocycles. The minimum absolute atomic E-state index is 0.368. The SMILES string of the molecule is C=CCN(C)CC1CC1CO. The van der Waals surface area contributed by atoms with Crippen molar-refractivity contribution in [1.82, 2.24) is 4.90 Å². The van der Waals surface area contributed by atoms with Crippen molar-refractivity contribution < 1.29 is 5.11 Å². The molecule has 1 aliphatic carbocycles. The molecule has 0 aromatic rings. The molecule has 0 heterocycles. The number of aliphatic hydroxyl groups is 1. The normalized spacial score (nSPS) is 29.0. The van der Waals surface area contributed by atoms with Crippen molar-refractivity contribution in [3.05, 3.63) is 12.7 Å². The molecule has 1 rings (SSSR count). The lowest BCUT2D eigenvalue weighted by atomic mass is 10.3. The van der Waals surface area contributed by atoms with Gasteiger partial charge in [0.15, 0.2) is 0 Å². The highest BCUT2D eigenvalue weighted by molar-refractivity contribution is 4.88. The smallest absolute Gasteiger partial charge is 0.0462 e. The van der Waals surface area contributed by atoms with Gasteiger partial charge in [-0.2, -0.15) is 0 Å². The molecule has 1 aliphatic rings. The van der Waals surface area contributed by atoms with Gasteiger partial charge in [0, 0.05) is 19.7 Å². The fourth-order valence-corrected chi connectivity index (χ4v) is 1.45. The Hall–Kier alpha value is -0.340. The zero-order valence-electron chi connectivity index (χ0n) is 7.16. The third-order valence-corrected chi connectivity index (χ3v) is 2.29. The maximum Gasteiger partial charge on any atom is 0.0462 e. The molecule has 2 unspecified atom stereocenters. The van der Waals surface area contributed by atoms with Gasteiger partial charge < -0.3 is 10.0 Å². The van der Waals surface area contributed by atoms with Crippen LogP contribution in [0.1, 0.15) is 6.42 Å². The minimum Gasteiger partial charge on any atom is -0.396 e. The molecule has 2 atom stereocenters. The first-order valence-corrected chi connectivity index (χ1v) is 4.18. The van der Waals surface area contributed by atoms with E-state index in [0.29, 0.717) is 12.5 Å². The number of aliphatic hydroxyl groups excluding tert-OH is 1. The van der Waals surface area contributed by atoms with Gasteiger partial charge in [0.2, 0.25) is 0 Å². The molecule has 0 aliphatic heterocycles. The third-order valence-electron chi connectivity index (χ3n) is 2.29. The molecule has 11 heavy (non-hydrogen) atoms. The maximum atomic E-state index is 8.78. The Morgan fingerprint density at radius 2 is 2.36 bits per heavy atom.